The van der Waals surface area contributed by atoms with Crippen LogP contribution in [0.2, 0.25) is 0 Å². The second kappa shape index (κ2) is 9.91. The van der Waals surface area contributed by atoms with Gasteiger partial charge in [-0.2, -0.15) is 0 Å². The van der Waals surface area contributed by atoms with Crippen LogP contribution in [0.1, 0.15) is 35.6 Å². The summed E-state index contributed by atoms with van der Waals surface area (Å²) in [5.74, 6) is 0.903. The lowest BCUT2D eigenvalue weighted by atomic mass is 9.87. The highest BCUT2D eigenvalue weighted by atomic mass is 16.5. The summed E-state index contributed by atoms with van der Waals surface area (Å²) >= 11 is 0. The van der Waals surface area contributed by atoms with Crippen molar-refractivity contribution < 1.29 is 4.74 Å². The predicted octanol–water partition coefficient (Wildman–Crippen LogP) is 5.96. The molecule has 3 aromatic carbocycles. The summed E-state index contributed by atoms with van der Waals surface area (Å²) in [6.45, 7) is 5.93. The molecule has 2 heteroatoms. The normalized spacial score (nSPS) is 11.8. The zero-order chi connectivity index (χ0) is 19.8. The van der Waals surface area contributed by atoms with E-state index in [0.717, 1.165) is 18.7 Å². The van der Waals surface area contributed by atoms with E-state index in [4.69, 9.17) is 4.74 Å². The molecule has 0 aliphatic rings. The summed E-state index contributed by atoms with van der Waals surface area (Å²) in [6.07, 6.45) is 0.968. The molecule has 0 amide bonds. The maximum atomic E-state index is 5.80. The molecular weight excluding hydrogens is 342 g/mol. The van der Waals surface area contributed by atoms with Gasteiger partial charge in [-0.05, 0) is 65.9 Å². The van der Waals surface area contributed by atoms with Gasteiger partial charge in [-0.3, -0.25) is 0 Å². The molecule has 0 aliphatic heterocycles. The molecule has 144 valence electrons. The summed E-state index contributed by atoms with van der Waals surface area (Å²) in [5.41, 5.74) is 7.74. The molecule has 3 aromatic rings. The average Bonchev–Trinajstić information content (AvgIpc) is 2.74. The van der Waals surface area contributed by atoms with Crippen molar-refractivity contribution >= 4 is 11.1 Å². The third-order valence-corrected chi connectivity index (χ3v) is 4.95. The van der Waals surface area contributed by atoms with Gasteiger partial charge in [-0.15, -0.1) is 0 Å². The zero-order valence-electron chi connectivity index (χ0n) is 17.0. The number of hydrogen-bond acceptors (Lipinski definition) is 2. The third kappa shape index (κ3) is 4.71. The Balaban J connectivity index is 2.09. The number of allylic oxidation sites excluding steroid dienone is 1. The highest BCUT2D eigenvalue weighted by Crippen LogP contribution is 2.36. The standard InChI is InChI=1S/C26H29NO/c1-4-24(25-13-9-8-10-20(25)2)26(21-11-6-5-7-12-21)22-14-16-23(17-15-22)28-19-18-27-3/h5-17,27H,4,18-19H2,1-3H3/b26-24-. The van der Waals surface area contributed by atoms with Crippen LogP contribution in [0.3, 0.4) is 0 Å². The maximum Gasteiger partial charge on any atom is 0.119 e. The molecule has 28 heavy (non-hydrogen) atoms. The molecule has 0 saturated heterocycles. The van der Waals surface area contributed by atoms with Crippen LogP contribution in [0.15, 0.2) is 78.9 Å². The number of nitrogens with one attached hydrogen (secondary N) is 1. The Morgan fingerprint density at radius 2 is 1.46 bits per heavy atom. The van der Waals surface area contributed by atoms with Crippen LogP contribution < -0.4 is 10.1 Å². The first-order chi connectivity index (χ1) is 13.7. The Kier molecular flexibility index (Phi) is 7.05. The number of likely N-dealkylation sites (N-methyl/N-ethyl adjacent to an activating group) is 1. The molecule has 0 aromatic heterocycles. The van der Waals surface area contributed by atoms with Crippen molar-refractivity contribution in [1.29, 1.82) is 0 Å². The molecule has 0 aliphatic carbocycles. The minimum Gasteiger partial charge on any atom is -0.492 e. The van der Waals surface area contributed by atoms with Crippen molar-refractivity contribution in [1.82, 2.24) is 5.32 Å². The zero-order valence-corrected chi connectivity index (χ0v) is 17.0. The fraction of sp³-hybridized carbons (Fsp3) is 0.231. The summed E-state index contributed by atoms with van der Waals surface area (Å²) in [5, 5.41) is 3.10. The van der Waals surface area contributed by atoms with Crippen LogP contribution >= 0.6 is 0 Å². The monoisotopic (exact) mass is 371 g/mol. The summed E-state index contributed by atoms with van der Waals surface area (Å²) in [4.78, 5) is 0. The van der Waals surface area contributed by atoms with E-state index in [0.29, 0.717) is 6.61 Å². The summed E-state index contributed by atoms with van der Waals surface area (Å²) < 4.78 is 5.80. The molecule has 0 spiro atoms. The molecular formula is C26H29NO. The Morgan fingerprint density at radius 3 is 2.11 bits per heavy atom. The Labute approximate surface area is 168 Å². The maximum absolute atomic E-state index is 5.80. The van der Waals surface area contributed by atoms with Crippen molar-refractivity contribution in [3.05, 3.63) is 101 Å². The number of aryl methyl sites for hydroxylation is 1. The molecule has 0 bridgehead atoms. The van der Waals surface area contributed by atoms with Crippen LogP contribution in [0, 0.1) is 6.92 Å². The van der Waals surface area contributed by atoms with Crippen molar-refractivity contribution in [3.63, 3.8) is 0 Å². The molecule has 0 heterocycles. The van der Waals surface area contributed by atoms with E-state index >= 15 is 0 Å². The minimum absolute atomic E-state index is 0.667. The minimum atomic E-state index is 0.667. The SMILES string of the molecule is CC/C(=C(\c1ccccc1)c1ccc(OCCNC)cc1)c1ccccc1C. The Morgan fingerprint density at radius 1 is 0.821 bits per heavy atom. The molecule has 2 nitrogen and oxygen atoms in total. The van der Waals surface area contributed by atoms with Crippen molar-refractivity contribution in [2.24, 2.45) is 0 Å². The lowest BCUT2D eigenvalue weighted by molar-refractivity contribution is 0.318. The van der Waals surface area contributed by atoms with Gasteiger partial charge < -0.3 is 10.1 Å². The lowest BCUT2D eigenvalue weighted by Gasteiger charge is -2.18. The van der Waals surface area contributed by atoms with Gasteiger partial charge in [0.05, 0.1) is 0 Å². The molecule has 3 rings (SSSR count). The van der Waals surface area contributed by atoms with Crippen molar-refractivity contribution in [3.8, 4) is 5.75 Å². The first kappa shape index (κ1) is 19.9. The van der Waals surface area contributed by atoms with E-state index in [1.165, 1.54) is 33.4 Å². The van der Waals surface area contributed by atoms with E-state index in [1.54, 1.807) is 0 Å². The molecule has 1 N–H and O–H groups in total. The predicted molar refractivity (Wildman–Crippen MR) is 120 cm³/mol. The average molecular weight is 372 g/mol. The van der Waals surface area contributed by atoms with Gasteiger partial charge in [0.25, 0.3) is 0 Å². The van der Waals surface area contributed by atoms with Crippen LogP contribution in [0.4, 0.5) is 0 Å². The quantitative estimate of drug-likeness (QED) is 0.389. The van der Waals surface area contributed by atoms with Gasteiger partial charge in [0, 0.05) is 6.54 Å². The van der Waals surface area contributed by atoms with E-state index in [2.05, 4.69) is 98.0 Å². The van der Waals surface area contributed by atoms with Crippen LogP contribution in [0.5, 0.6) is 5.75 Å². The fourth-order valence-electron chi connectivity index (χ4n) is 3.52. The largest absolute Gasteiger partial charge is 0.492 e. The number of hydrogen-bond donors (Lipinski definition) is 1. The van der Waals surface area contributed by atoms with E-state index in [-0.39, 0.29) is 0 Å². The molecule has 0 unspecified atom stereocenters. The highest BCUT2D eigenvalue weighted by molar-refractivity contribution is 5.99. The number of rotatable bonds is 8. The Bertz CT molecular complexity index is 911. The van der Waals surface area contributed by atoms with E-state index in [1.807, 2.05) is 7.05 Å². The lowest BCUT2D eigenvalue weighted by Crippen LogP contribution is -2.15. The van der Waals surface area contributed by atoms with Crippen molar-refractivity contribution in [2.75, 3.05) is 20.2 Å². The smallest absolute Gasteiger partial charge is 0.119 e. The Hall–Kier alpha value is -2.84. The number of ether oxygens (including phenoxy) is 1. The van der Waals surface area contributed by atoms with Gasteiger partial charge in [0.2, 0.25) is 0 Å². The van der Waals surface area contributed by atoms with E-state index < -0.39 is 0 Å². The topological polar surface area (TPSA) is 21.3 Å². The van der Waals surface area contributed by atoms with E-state index in [9.17, 15) is 0 Å². The molecule has 0 fully saturated rings. The fourth-order valence-corrected chi connectivity index (χ4v) is 3.52. The first-order valence-electron chi connectivity index (χ1n) is 9.97. The second-order valence-electron chi connectivity index (χ2n) is 6.86. The van der Waals surface area contributed by atoms with Gasteiger partial charge in [0.1, 0.15) is 12.4 Å². The second-order valence-corrected chi connectivity index (χ2v) is 6.86. The van der Waals surface area contributed by atoms with Crippen LogP contribution in [-0.2, 0) is 0 Å². The molecule has 0 radical (unpaired) electrons. The molecule has 0 atom stereocenters. The van der Waals surface area contributed by atoms with Crippen LogP contribution in [0.25, 0.3) is 11.1 Å². The summed E-state index contributed by atoms with van der Waals surface area (Å²) in [6, 6.07) is 27.8. The first-order valence-corrected chi connectivity index (χ1v) is 9.97. The van der Waals surface area contributed by atoms with Gasteiger partial charge >= 0.3 is 0 Å². The highest BCUT2D eigenvalue weighted by Gasteiger charge is 2.14. The van der Waals surface area contributed by atoms with Gasteiger partial charge in [0.15, 0.2) is 0 Å². The summed E-state index contributed by atoms with van der Waals surface area (Å²) in [7, 11) is 1.93. The number of benzene rings is 3. The third-order valence-electron chi connectivity index (χ3n) is 4.95. The van der Waals surface area contributed by atoms with Gasteiger partial charge in [-0.25, -0.2) is 0 Å². The van der Waals surface area contributed by atoms with Crippen LogP contribution in [-0.4, -0.2) is 20.2 Å². The van der Waals surface area contributed by atoms with Crippen molar-refractivity contribution in [2.45, 2.75) is 20.3 Å². The van der Waals surface area contributed by atoms with Gasteiger partial charge in [-0.1, -0.05) is 73.7 Å². The molecule has 0 saturated carbocycles.